The standard InChI is InChI=1S/C10H23NO6/c1-3-11(4-2)10(17)9(16)8(15)7(14)6(13)5-12/h6-10,12-17H,3-5H2,1-2H3/t6-,7+,8-,9+,10?/m1/s1. The molecule has 0 rings (SSSR count). The van der Waals surface area contributed by atoms with Gasteiger partial charge in [0.15, 0.2) is 0 Å². The van der Waals surface area contributed by atoms with Crippen molar-refractivity contribution in [2.45, 2.75) is 44.5 Å². The molecule has 7 heteroatoms. The number of rotatable bonds is 8. The molecule has 0 saturated carbocycles. The zero-order valence-corrected chi connectivity index (χ0v) is 10.1. The van der Waals surface area contributed by atoms with Crippen LogP contribution >= 0.6 is 0 Å². The molecule has 0 aromatic rings. The summed E-state index contributed by atoms with van der Waals surface area (Å²) in [5.74, 6) is 0. The van der Waals surface area contributed by atoms with E-state index in [2.05, 4.69) is 0 Å². The summed E-state index contributed by atoms with van der Waals surface area (Å²) >= 11 is 0. The van der Waals surface area contributed by atoms with Crippen LogP contribution in [0.15, 0.2) is 0 Å². The maximum atomic E-state index is 9.71. The van der Waals surface area contributed by atoms with Gasteiger partial charge in [0.05, 0.1) is 6.61 Å². The predicted molar refractivity (Wildman–Crippen MR) is 60.0 cm³/mol. The van der Waals surface area contributed by atoms with Crippen molar-refractivity contribution in [3.63, 3.8) is 0 Å². The van der Waals surface area contributed by atoms with Gasteiger partial charge in [-0.15, -0.1) is 0 Å². The van der Waals surface area contributed by atoms with Gasteiger partial charge in [0, 0.05) is 0 Å². The van der Waals surface area contributed by atoms with Crippen LogP contribution in [0.5, 0.6) is 0 Å². The summed E-state index contributed by atoms with van der Waals surface area (Å²) in [5.41, 5.74) is 0. The molecule has 0 fully saturated rings. The van der Waals surface area contributed by atoms with Crippen LogP contribution in [0.4, 0.5) is 0 Å². The van der Waals surface area contributed by atoms with Crippen LogP contribution in [-0.2, 0) is 0 Å². The van der Waals surface area contributed by atoms with Crippen molar-refractivity contribution in [2.75, 3.05) is 19.7 Å². The Kier molecular flexibility index (Phi) is 7.80. The quantitative estimate of drug-likeness (QED) is 0.256. The molecule has 17 heavy (non-hydrogen) atoms. The third-order valence-electron chi connectivity index (χ3n) is 2.77. The molecule has 1 unspecified atom stereocenters. The molecule has 0 aromatic heterocycles. The Balaban J connectivity index is 4.51. The number of hydrogen-bond donors (Lipinski definition) is 6. The summed E-state index contributed by atoms with van der Waals surface area (Å²) in [6, 6.07) is 0. The highest BCUT2D eigenvalue weighted by atomic mass is 16.4. The van der Waals surface area contributed by atoms with E-state index >= 15 is 0 Å². The Labute approximate surface area is 101 Å². The molecular formula is C10H23NO6. The van der Waals surface area contributed by atoms with Crippen molar-refractivity contribution in [2.24, 2.45) is 0 Å². The second kappa shape index (κ2) is 7.93. The Bertz CT molecular complexity index is 201. The lowest BCUT2D eigenvalue weighted by Gasteiger charge is -2.33. The van der Waals surface area contributed by atoms with Crippen molar-refractivity contribution < 1.29 is 30.6 Å². The molecule has 0 aliphatic carbocycles. The first kappa shape index (κ1) is 16.7. The molecule has 5 atom stereocenters. The Hall–Kier alpha value is -0.280. The normalized spacial score (nSPS) is 21.0. The molecule has 0 spiro atoms. The van der Waals surface area contributed by atoms with Crippen LogP contribution in [0.25, 0.3) is 0 Å². The van der Waals surface area contributed by atoms with Crippen LogP contribution < -0.4 is 0 Å². The molecule has 0 aromatic carbocycles. The fourth-order valence-corrected chi connectivity index (χ4v) is 1.53. The first-order chi connectivity index (χ1) is 7.90. The fraction of sp³-hybridized carbons (Fsp3) is 1.00. The number of likely N-dealkylation sites (N-methyl/N-ethyl adjacent to an activating group) is 1. The van der Waals surface area contributed by atoms with Crippen molar-refractivity contribution in [3.05, 3.63) is 0 Å². The predicted octanol–water partition coefficient (Wildman–Crippen LogP) is -2.92. The van der Waals surface area contributed by atoms with Crippen LogP contribution in [-0.4, -0.2) is 85.9 Å². The van der Waals surface area contributed by atoms with Crippen molar-refractivity contribution in [1.82, 2.24) is 4.90 Å². The van der Waals surface area contributed by atoms with E-state index in [0.717, 1.165) is 0 Å². The second-order valence-electron chi connectivity index (χ2n) is 3.86. The summed E-state index contributed by atoms with van der Waals surface area (Å²) in [7, 11) is 0. The Morgan fingerprint density at radius 1 is 0.824 bits per heavy atom. The van der Waals surface area contributed by atoms with E-state index in [1.165, 1.54) is 4.90 Å². The number of aliphatic hydroxyl groups is 6. The van der Waals surface area contributed by atoms with Crippen molar-refractivity contribution in [3.8, 4) is 0 Å². The highest BCUT2D eigenvalue weighted by Gasteiger charge is 2.35. The number of hydrogen-bond acceptors (Lipinski definition) is 7. The maximum absolute atomic E-state index is 9.71. The van der Waals surface area contributed by atoms with Gasteiger partial charge in [-0.2, -0.15) is 0 Å². The van der Waals surface area contributed by atoms with E-state index in [1.54, 1.807) is 13.8 Å². The molecule has 0 saturated heterocycles. The highest BCUT2D eigenvalue weighted by Crippen LogP contribution is 2.11. The highest BCUT2D eigenvalue weighted by molar-refractivity contribution is 4.84. The van der Waals surface area contributed by atoms with Gasteiger partial charge in [-0.1, -0.05) is 13.8 Å². The first-order valence-electron chi connectivity index (χ1n) is 5.65. The largest absolute Gasteiger partial charge is 0.394 e. The molecule has 0 radical (unpaired) electrons. The molecule has 0 aliphatic heterocycles. The smallest absolute Gasteiger partial charge is 0.136 e. The van der Waals surface area contributed by atoms with Gasteiger partial charge in [-0.05, 0) is 13.1 Å². The summed E-state index contributed by atoms with van der Waals surface area (Å²) < 4.78 is 0. The van der Waals surface area contributed by atoms with Crippen LogP contribution in [0.3, 0.4) is 0 Å². The van der Waals surface area contributed by atoms with Gasteiger partial charge in [0.2, 0.25) is 0 Å². The average Bonchev–Trinajstić information content (AvgIpc) is 2.36. The van der Waals surface area contributed by atoms with E-state index in [0.29, 0.717) is 13.1 Å². The van der Waals surface area contributed by atoms with Crippen LogP contribution in [0, 0.1) is 0 Å². The van der Waals surface area contributed by atoms with E-state index in [9.17, 15) is 20.4 Å². The van der Waals surface area contributed by atoms with E-state index in [-0.39, 0.29) is 0 Å². The van der Waals surface area contributed by atoms with Gasteiger partial charge < -0.3 is 30.6 Å². The minimum atomic E-state index is -1.74. The van der Waals surface area contributed by atoms with Crippen molar-refractivity contribution >= 4 is 0 Å². The SMILES string of the molecule is CCN(CC)C(O)[C@@H](O)[C@H](O)[C@@H](O)[C@H](O)CO. The molecule has 0 heterocycles. The third kappa shape index (κ3) is 4.47. The van der Waals surface area contributed by atoms with Crippen molar-refractivity contribution in [1.29, 1.82) is 0 Å². The minimum Gasteiger partial charge on any atom is -0.394 e. The molecule has 6 N–H and O–H groups in total. The summed E-state index contributed by atoms with van der Waals surface area (Å²) in [4.78, 5) is 1.48. The van der Waals surface area contributed by atoms with E-state index in [4.69, 9.17) is 10.2 Å². The lowest BCUT2D eigenvalue weighted by molar-refractivity contribution is -0.169. The monoisotopic (exact) mass is 253 g/mol. The zero-order chi connectivity index (χ0) is 13.6. The molecule has 7 nitrogen and oxygen atoms in total. The van der Waals surface area contributed by atoms with E-state index in [1.807, 2.05) is 0 Å². The molecule has 0 aliphatic rings. The summed E-state index contributed by atoms with van der Waals surface area (Å²) in [5, 5.41) is 56.0. The second-order valence-corrected chi connectivity index (χ2v) is 3.86. The average molecular weight is 253 g/mol. The molecular weight excluding hydrogens is 230 g/mol. The number of aliphatic hydroxyl groups excluding tert-OH is 6. The van der Waals surface area contributed by atoms with Crippen LogP contribution in [0.1, 0.15) is 13.8 Å². The van der Waals surface area contributed by atoms with Gasteiger partial charge in [-0.3, -0.25) is 4.90 Å². The molecule has 104 valence electrons. The molecule has 0 amide bonds. The topological polar surface area (TPSA) is 125 Å². The first-order valence-corrected chi connectivity index (χ1v) is 5.65. The third-order valence-corrected chi connectivity index (χ3v) is 2.77. The molecule has 0 bridgehead atoms. The summed E-state index contributed by atoms with van der Waals surface area (Å²) in [6.07, 6.45) is -8.01. The zero-order valence-electron chi connectivity index (χ0n) is 10.1. The lowest BCUT2D eigenvalue weighted by Crippen LogP contribution is -2.54. The fourth-order valence-electron chi connectivity index (χ4n) is 1.53. The summed E-state index contributed by atoms with van der Waals surface area (Å²) in [6.45, 7) is 3.71. The Morgan fingerprint density at radius 3 is 1.65 bits per heavy atom. The van der Waals surface area contributed by atoms with Gasteiger partial charge in [-0.25, -0.2) is 0 Å². The minimum absolute atomic E-state index is 0.458. The van der Waals surface area contributed by atoms with E-state index < -0.39 is 37.3 Å². The Morgan fingerprint density at radius 2 is 1.29 bits per heavy atom. The lowest BCUT2D eigenvalue weighted by atomic mass is 10.0. The van der Waals surface area contributed by atoms with Gasteiger partial charge in [0.25, 0.3) is 0 Å². The van der Waals surface area contributed by atoms with Gasteiger partial charge >= 0.3 is 0 Å². The maximum Gasteiger partial charge on any atom is 0.136 e. The van der Waals surface area contributed by atoms with Gasteiger partial charge in [0.1, 0.15) is 30.6 Å². The number of nitrogens with zero attached hydrogens (tertiary/aromatic N) is 1. The van der Waals surface area contributed by atoms with Crippen LogP contribution in [0.2, 0.25) is 0 Å².